The van der Waals surface area contributed by atoms with Crippen LogP contribution in [-0.4, -0.2) is 24.7 Å². The summed E-state index contributed by atoms with van der Waals surface area (Å²) in [6.45, 7) is 7.78. The van der Waals surface area contributed by atoms with Gasteiger partial charge >= 0.3 is 0 Å². The molecule has 0 aliphatic rings. The Morgan fingerprint density at radius 3 is 2.67 bits per heavy atom. The van der Waals surface area contributed by atoms with Crippen molar-refractivity contribution in [3.05, 3.63) is 35.4 Å². The molecule has 0 bridgehead atoms. The molecule has 18 heavy (non-hydrogen) atoms. The van der Waals surface area contributed by atoms with Gasteiger partial charge in [0.15, 0.2) is 0 Å². The highest BCUT2D eigenvalue weighted by Crippen LogP contribution is 2.10. The summed E-state index contributed by atoms with van der Waals surface area (Å²) >= 11 is 2.01. The summed E-state index contributed by atoms with van der Waals surface area (Å²) in [7, 11) is 0. The topological polar surface area (TPSA) is 21.3 Å². The minimum absolute atomic E-state index is 0.722. The van der Waals surface area contributed by atoms with Crippen LogP contribution in [0.15, 0.2) is 24.3 Å². The molecule has 1 N–H and O–H groups in total. The van der Waals surface area contributed by atoms with E-state index in [1.54, 1.807) is 0 Å². The Kier molecular flexibility index (Phi) is 9.00. The minimum Gasteiger partial charge on any atom is -0.377 e. The van der Waals surface area contributed by atoms with Crippen LogP contribution in [0.3, 0.4) is 0 Å². The standard InChI is InChI=1S/C15H25NOS/c1-3-17-13-15-9-6-5-8-14(15)12-16-10-7-11-18-4-2/h5-6,8-9,16H,3-4,7,10-13H2,1-2H3. The lowest BCUT2D eigenvalue weighted by molar-refractivity contribution is 0.133. The van der Waals surface area contributed by atoms with Gasteiger partial charge in [0.05, 0.1) is 6.61 Å². The van der Waals surface area contributed by atoms with Crippen molar-refractivity contribution in [3.63, 3.8) is 0 Å². The Labute approximate surface area is 116 Å². The van der Waals surface area contributed by atoms with Gasteiger partial charge in [0.1, 0.15) is 0 Å². The van der Waals surface area contributed by atoms with Crippen molar-refractivity contribution in [2.45, 2.75) is 33.4 Å². The third-order valence-corrected chi connectivity index (χ3v) is 3.73. The molecule has 1 rings (SSSR count). The predicted molar refractivity (Wildman–Crippen MR) is 81.1 cm³/mol. The maximum Gasteiger partial charge on any atom is 0.0719 e. The average molecular weight is 267 g/mol. The number of rotatable bonds is 10. The van der Waals surface area contributed by atoms with Gasteiger partial charge < -0.3 is 10.1 Å². The van der Waals surface area contributed by atoms with Gasteiger partial charge in [0, 0.05) is 13.2 Å². The molecule has 2 nitrogen and oxygen atoms in total. The zero-order valence-corrected chi connectivity index (χ0v) is 12.4. The normalized spacial score (nSPS) is 10.8. The van der Waals surface area contributed by atoms with Gasteiger partial charge in [-0.15, -0.1) is 0 Å². The van der Waals surface area contributed by atoms with E-state index in [0.717, 1.165) is 26.3 Å². The molecule has 0 saturated carbocycles. The molecule has 0 fully saturated rings. The van der Waals surface area contributed by atoms with Crippen molar-refractivity contribution in [3.8, 4) is 0 Å². The van der Waals surface area contributed by atoms with Crippen molar-refractivity contribution < 1.29 is 4.74 Å². The van der Waals surface area contributed by atoms with Crippen LogP contribution in [0.1, 0.15) is 31.4 Å². The van der Waals surface area contributed by atoms with E-state index in [1.807, 2.05) is 18.7 Å². The fourth-order valence-corrected chi connectivity index (χ4v) is 2.39. The molecule has 1 aromatic rings. The third kappa shape index (κ3) is 6.43. The molecule has 0 amide bonds. The summed E-state index contributed by atoms with van der Waals surface area (Å²) in [6, 6.07) is 8.51. The summed E-state index contributed by atoms with van der Waals surface area (Å²) in [5.41, 5.74) is 2.66. The summed E-state index contributed by atoms with van der Waals surface area (Å²) in [4.78, 5) is 0. The van der Waals surface area contributed by atoms with Crippen LogP contribution in [0.2, 0.25) is 0 Å². The van der Waals surface area contributed by atoms with E-state index in [1.165, 1.54) is 29.1 Å². The van der Waals surface area contributed by atoms with Gasteiger partial charge in [-0.1, -0.05) is 31.2 Å². The first-order valence-corrected chi connectivity index (χ1v) is 7.97. The quantitative estimate of drug-likeness (QED) is 0.656. The van der Waals surface area contributed by atoms with Crippen molar-refractivity contribution in [1.82, 2.24) is 5.32 Å². The van der Waals surface area contributed by atoms with Crippen molar-refractivity contribution in [2.24, 2.45) is 0 Å². The second kappa shape index (κ2) is 10.4. The number of benzene rings is 1. The Hall–Kier alpha value is -0.510. The number of nitrogens with one attached hydrogen (secondary N) is 1. The van der Waals surface area contributed by atoms with Crippen LogP contribution in [-0.2, 0) is 17.9 Å². The first-order valence-electron chi connectivity index (χ1n) is 6.81. The number of thioether (sulfide) groups is 1. The number of hydrogen-bond donors (Lipinski definition) is 1. The average Bonchev–Trinajstić information content (AvgIpc) is 2.41. The van der Waals surface area contributed by atoms with Crippen molar-refractivity contribution >= 4 is 11.8 Å². The highest BCUT2D eigenvalue weighted by atomic mass is 32.2. The summed E-state index contributed by atoms with van der Waals surface area (Å²) in [6.07, 6.45) is 1.24. The van der Waals surface area contributed by atoms with Gasteiger partial charge in [-0.05, 0) is 42.5 Å². The van der Waals surface area contributed by atoms with E-state index in [0.29, 0.717) is 0 Å². The van der Waals surface area contributed by atoms with E-state index < -0.39 is 0 Å². The summed E-state index contributed by atoms with van der Waals surface area (Å²) in [5, 5.41) is 3.51. The molecule has 3 heteroatoms. The fraction of sp³-hybridized carbons (Fsp3) is 0.600. The lowest BCUT2D eigenvalue weighted by atomic mass is 10.1. The lowest BCUT2D eigenvalue weighted by Gasteiger charge is -2.10. The van der Waals surface area contributed by atoms with Crippen molar-refractivity contribution in [1.29, 1.82) is 0 Å². The number of ether oxygens (including phenoxy) is 1. The molecule has 0 aromatic heterocycles. The summed E-state index contributed by atoms with van der Waals surface area (Å²) in [5.74, 6) is 2.47. The highest BCUT2D eigenvalue weighted by molar-refractivity contribution is 7.99. The van der Waals surface area contributed by atoms with Crippen molar-refractivity contribution in [2.75, 3.05) is 24.7 Å². The lowest BCUT2D eigenvalue weighted by Crippen LogP contribution is -2.16. The third-order valence-electron chi connectivity index (χ3n) is 2.74. The fourth-order valence-electron chi connectivity index (χ4n) is 1.75. The molecule has 0 spiro atoms. The van der Waals surface area contributed by atoms with Gasteiger partial charge in [-0.2, -0.15) is 11.8 Å². The molecule has 0 saturated heterocycles. The summed E-state index contributed by atoms with van der Waals surface area (Å²) < 4.78 is 5.49. The van der Waals surface area contributed by atoms with E-state index in [9.17, 15) is 0 Å². The predicted octanol–water partition coefficient (Wildman–Crippen LogP) is 3.46. The molecule has 102 valence electrons. The molecule has 0 atom stereocenters. The monoisotopic (exact) mass is 267 g/mol. The van der Waals surface area contributed by atoms with Crippen LogP contribution in [0, 0.1) is 0 Å². The Morgan fingerprint density at radius 2 is 1.94 bits per heavy atom. The van der Waals surface area contributed by atoms with E-state index >= 15 is 0 Å². The first kappa shape index (κ1) is 15.5. The molecular weight excluding hydrogens is 242 g/mol. The van der Waals surface area contributed by atoms with Crippen LogP contribution >= 0.6 is 11.8 Å². The maximum atomic E-state index is 5.49. The second-order valence-corrected chi connectivity index (χ2v) is 5.53. The molecule has 0 heterocycles. The Morgan fingerprint density at radius 1 is 1.17 bits per heavy atom. The smallest absolute Gasteiger partial charge is 0.0719 e. The van der Waals surface area contributed by atoms with Gasteiger partial charge in [0.2, 0.25) is 0 Å². The van der Waals surface area contributed by atoms with Crippen LogP contribution in [0.25, 0.3) is 0 Å². The molecule has 0 unspecified atom stereocenters. The molecule has 0 aliphatic carbocycles. The SMILES string of the molecule is CCOCc1ccccc1CNCCCSCC. The van der Waals surface area contributed by atoms with E-state index in [2.05, 4.69) is 36.5 Å². The number of hydrogen-bond acceptors (Lipinski definition) is 3. The van der Waals surface area contributed by atoms with E-state index in [-0.39, 0.29) is 0 Å². The zero-order valence-electron chi connectivity index (χ0n) is 11.6. The molecule has 0 radical (unpaired) electrons. The molecule has 0 aliphatic heterocycles. The van der Waals surface area contributed by atoms with Gasteiger partial charge in [-0.25, -0.2) is 0 Å². The zero-order chi connectivity index (χ0) is 13.1. The second-order valence-electron chi connectivity index (χ2n) is 4.13. The first-order chi connectivity index (χ1) is 8.88. The van der Waals surface area contributed by atoms with Crippen LogP contribution in [0.4, 0.5) is 0 Å². The van der Waals surface area contributed by atoms with E-state index in [4.69, 9.17) is 4.74 Å². The maximum absolute atomic E-state index is 5.49. The molecule has 1 aromatic carbocycles. The highest BCUT2D eigenvalue weighted by Gasteiger charge is 2.00. The largest absolute Gasteiger partial charge is 0.377 e. The van der Waals surface area contributed by atoms with Gasteiger partial charge in [0.25, 0.3) is 0 Å². The van der Waals surface area contributed by atoms with Crippen LogP contribution in [0.5, 0.6) is 0 Å². The van der Waals surface area contributed by atoms with Gasteiger partial charge in [-0.3, -0.25) is 0 Å². The molecular formula is C15H25NOS. The Balaban J connectivity index is 2.27. The minimum atomic E-state index is 0.722. The Bertz CT molecular complexity index is 317. The van der Waals surface area contributed by atoms with Crippen LogP contribution < -0.4 is 5.32 Å².